The van der Waals surface area contributed by atoms with Crippen LogP contribution in [0.15, 0.2) is 24.3 Å². The summed E-state index contributed by atoms with van der Waals surface area (Å²) < 4.78 is 5.25. The lowest BCUT2D eigenvalue weighted by Crippen LogP contribution is -2.56. The number of carbonyl (C=O) groups excluding carboxylic acids is 2. The molecule has 2 aliphatic rings. The quantitative estimate of drug-likeness (QED) is 0.628. The van der Waals surface area contributed by atoms with E-state index in [0.29, 0.717) is 18.7 Å². The van der Waals surface area contributed by atoms with Crippen molar-refractivity contribution in [2.24, 2.45) is 17.3 Å². The minimum Gasteiger partial charge on any atom is -0.469 e. The second kappa shape index (κ2) is 7.43. The van der Waals surface area contributed by atoms with Crippen LogP contribution in [0.4, 0.5) is 5.69 Å². The maximum Gasteiger partial charge on any atom is 0.313 e. The number of nitrogen functional groups attached to an aromatic ring is 1. The average molecular weight is 371 g/mol. The van der Waals surface area contributed by atoms with Crippen molar-refractivity contribution in [1.29, 1.82) is 5.41 Å². The van der Waals surface area contributed by atoms with E-state index in [1.54, 1.807) is 6.07 Å². The molecule has 4 unspecified atom stereocenters. The number of carbonyl (C=O) groups is 2. The van der Waals surface area contributed by atoms with Crippen molar-refractivity contribution in [1.82, 2.24) is 4.90 Å². The molecule has 0 bridgehead atoms. The van der Waals surface area contributed by atoms with E-state index in [2.05, 4.69) is 11.8 Å². The van der Waals surface area contributed by atoms with Gasteiger partial charge in [-0.25, -0.2) is 0 Å². The van der Waals surface area contributed by atoms with E-state index < -0.39 is 11.3 Å². The van der Waals surface area contributed by atoms with Crippen LogP contribution in [0.2, 0.25) is 0 Å². The Kier molecular flexibility index (Phi) is 5.38. The number of hydrogen-bond donors (Lipinski definition) is 2. The van der Waals surface area contributed by atoms with Crippen molar-refractivity contribution in [3.05, 3.63) is 29.8 Å². The number of fused-ring (bicyclic) bond motifs is 1. The van der Waals surface area contributed by atoms with Gasteiger partial charge in [0.25, 0.3) is 0 Å². The summed E-state index contributed by atoms with van der Waals surface area (Å²) in [6.07, 6.45) is 1.49. The lowest BCUT2D eigenvalue weighted by Gasteiger charge is -2.49. The third-order valence-electron chi connectivity index (χ3n) is 6.49. The smallest absolute Gasteiger partial charge is 0.313 e. The Labute approximate surface area is 160 Å². The number of hydrogen-bond acceptors (Lipinski definition) is 6. The summed E-state index contributed by atoms with van der Waals surface area (Å²) in [4.78, 5) is 28.2. The van der Waals surface area contributed by atoms with E-state index in [0.717, 1.165) is 18.5 Å². The molecule has 1 heterocycles. The Hall–Kier alpha value is -2.21. The highest BCUT2D eigenvalue weighted by Crippen LogP contribution is 2.51. The van der Waals surface area contributed by atoms with Gasteiger partial charge in [-0.05, 0) is 36.9 Å². The molecule has 3 N–H and O–H groups in total. The molecule has 1 aromatic carbocycles. The summed E-state index contributed by atoms with van der Waals surface area (Å²) in [5.41, 5.74) is 6.72. The monoisotopic (exact) mass is 371 g/mol. The molecule has 0 spiro atoms. The summed E-state index contributed by atoms with van der Waals surface area (Å²) in [7, 11) is 3.42. The van der Waals surface area contributed by atoms with Crippen LogP contribution >= 0.6 is 0 Å². The van der Waals surface area contributed by atoms with Gasteiger partial charge in [-0.1, -0.05) is 31.5 Å². The number of esters is 1. The molecule has 0 amide bonds. The lowest BCUT2D eigenvalue weighted by atomic mass is 9.61. The van der Waals surface area contributed by atoms with Gasteiger partial charge in [-0.3, -0.25) is 9.59 Å². The number of nitrogens with two attached hydrogens (primary N) is 1. The van der Waals surface area contributed by atoms with Gasteiger partial charge in [0.05, 0.1) is 18.2 Å². The third-order valence-corrected chi connectivity index (χ3v) is 6.49. The van der Waals surface area contributed by atoms with E-state index in [4.69, 9.17) is 15.9 Å². The number of piperidine rings is 1. The van der Waals surface area contributed by atoms with Crippen LogP contribution in [0, 0.1) is 22.7 Å². The second-order valence-corrected chi connectivity index (χ2v) is 8.05. The molecule has 0 radical (unpaired) electrons. The van der Waals surface area contributed by atoms with Crippen molar-refractivity contribution in [3.63, 3.8) is 0 Å². The van der Waals surface area contributed by atoms with Gasteiger partial charge < -0.3 is 20.8 Å². The Bertz CT molecular complexity index is 763. The van der Waals surface area contributed by atoms with Gasteiger partial charge in [-0.2, -0.15) is 0 Å². The highest BCUT2D eigenvalue weighted by Gasteiger charge is 2.57. The number of methoxy groups -OCH3 is 1. The fourth-order valence-corrected chi connectivity index (χ4v) is 5.20. The van der Waals surface area contributed by atoms with Crippen LogP contribution in [0.25, 0.3) is 0 Å². The molecule has 146 valence electrons. The van der Waals surface area contributed by atoms with E-state index >= 15 is 0 Å². The molecule has 1 saturated heterocycles. The fraction of sp³-hybridized carbons (Fsp3) is 0.571. The first-order chi connectivity index (χ1) is 12.8. The van der Waals surface area contributed by atoms with E-state index in [1.165, 1.54) is 7.11 Å². The summed E-state index contributed by atoms with van der Waals surface area (Å²) >= 11 is 0. The zero-order valence-electron chi connectivity index (χ0n) is 16.3. The van der Waals surface area contributed by atoms with Gasteiger partial charge in [0.1, 0.15) is 0 Å². The first-order valence-electron chi connectivity index (χ1n) is 9.57. The molecule has 1 aliphatic heterocycles. The van der Waals surface area contributed by atoms with Crippen molar-refractivity contribution in [2.75, 3.05) is 33.0 Å². The molecule has 6 nitrogen and oxygen atoms in total. The molecule has 2 fully saturated rings. The fourth-order valence-electron chi connectivity index (χ4n) is 5.20. The van der Waals surface area contributed by atoms with Crippen molar-refractivity contribution in [3.8, 4) is 0 Å². The SMILES string of the molecule is CCC1CN(C)CC2(C(=O)OC)CC(c3ccccc3N)C(=N)C(=O)CC12. The third kappa shape index (κ3) is 3.27. The van der Waals surface area contributed by atoms with Crippen molar-refractivity contribution in [2.45, 2.75) is 32.1 Å². The molecule has 0 aromatic heterocycles. The molecule has 4 atom stereocenters. The highest BCUT2D eigenvalue weighted by atomic mass is 16.5. The van der Waals surface area contributed by atoms with Gasteiger partial charge in [0, 0.05) is 31.1 Å². The highest BCUT2D eigenvalue weighted by molar-refractivity contribution is 6.41. The normalized spacial score (nSPS) is 31.9. The predicted molar refractivity (Wildman–Crippen MR) is 105 cm³/mol. The number of nitrogens with one attached hydrogen (secondary N) is 1. The number of para-hydroxylation sites is 1. The topological polar surface area (TPSA) is 96.5 Å². The van der Waals surface area contributed by atoms with Crippen LogP contribution in [0.1, 0.15) is 37.7 Å². The number of likely N-dealkylation sites (tertiary alicyclic amines) is 1. The number of rotatable bonds is 3. The summed E-state index contributed by atoms with van der Waals surface area (Å²) in [6, 6.07) is 7.33. The Morgan fingerprint density at radius 1 is 1.41 bits per heavy atom. The zero-order valence-corrected chi connectivity index (χ0v) is 16.3. The standard InChI is InChI=1S/C21H29N3O3/c1-4-13-11-24(2)12-21(20(26)27-3)10-15(14-7-5-6-8-17(14)22)19(23)18(25)9-16(13)21/h5-8,13,15-16,23H,4,9-12,22H2,1-3H3. The molecule has 3 rings (SSSR count). The molecule has 1 aliphatic carbocycles. The number of anilines is 1. The van der Waals surface area contributed by atoms with Gasteiger partial charge in [-0.15, -0.1) is 0 Å². The van der Waals surface area contributed by atoms with E-state index in [1.807, 2.05) is 25.2 Å². The predicted octanol–water partition coefficient (Wildman–Crippen LogP) is 2.48. The van der Waals surface area contributed by atoms with Gasteiger partial charge >= 0.3 is 5.97 Å². The molecular formula is C21H29N3O3. The average Bonchev–Trinajstić information content (AvgIpc) is 2.77. The maximum absolute atomic E-state index is 13.1. The minimum absolute atomic E-state index is 0.0584. The molecular weight excluding hydrogens is 342 g/mol. The first kappa shape index (κ1) is 19.5. The Morgan fingerprint density at radius 3 is 2.74 bits per heavy atom. The number of benzene rings is 1. The van der Waals surface area contributed by atoms with Crippen LogP contribution in [0.3, 0.4) is 0 Å². The molecule has 6 heteroatoms. The minimum atomic E-state index is -0.812. The van der Waals surface area contributed by atoms with Crippen LogP contribution in [-0.2, 0) is 14.3 Å². The van der Waals surface area contributed by atoms with E-state index in [-0.39, 0.29) is 35.7 Å². The Balaban J connectivity index is 2.15. The largest absolute Gasteiger partial charge is 0.469 e. The summed E-state index contributed by atoms with van der Waals surface area (Å²) in [6.45, 7) is 3.47. The van der Waals surface area contributed by atoms with Crippen LogP contribution in [0.5, 0.6) is 0 Å². The van der Waals surface area contributed by atoms with Crippen molar-refractivity contribution < 1.29 is 14.3 Å². The molecule has 1 aromatic rings. The van der Waals surface area contributed by atoms with Gasteiger partial charge in [0.2, 0.25) is 0 Å². The van der Waals surface area contributed by atoms with Crippen LogP contribution < -0.4 is 5.73 Å². The lowest BCUT2D eigenvalue weighted by molar-refractivity contribution is -0.165. The summed E-state index contributed by atoms with van der Waals surface area (Å²) in [5.74, 6) is -0.853. The maximum atomic E-state index is 13.1. The zero-order chi connectivity index (χ0) is 19.8. The number of ketones is 1. The second-order valence-electron chi connectivity index (χ2n) is 8.05. The van der Waals surface area contributed by atoms with Crippen LogP contribution in [-0.4, -0.2) is 49.6 Å². The number of ether oxygens (including phenoxy) is 1. The molecule has 27 heavy (non-hydrogen) atoms. The molecule has 1 saturated carbocycles. The van der Waals surface area contributed by atoms with E-state index in [9.17, 15) is 9.59 Å². The number of nitrogens with zero attached hydrogens (tertiary/aromatic N) is 1. The van der Waals surface area contributed by atoms with Crippen molar-refractivity contribution >= 4 is 23.2 Å². The Morgan fingerprint density at radius 2 is 2.11 bits per heavy atom. The number of Topliss-reactive ketones (excluding diaryl/α,β-unsaturated/α-hetero) is 1. The van der Waals surface area contributed by atoms with Gasteiger partial charge in [0.15, 0.2) is 5.78 Å². The summed E-state index contributed by atoms with van der Waals surface area (Å²) in [5, 5.41) is 8.56. The first-order valence-corrected chi connectivity index (χ1v) is 9.57.